The van der Waals surface area contributed by atoms with Crippen LogP contribution in [0.4, 0.5) is 13.2 Å². The Morgan fingerprint density at radius 3 is 2.81 bits per heavy atom. The number of nitrogens with one attached hydrogen (secondary N) is 2. The molecule has 6 nitrogen and oxygen atoms in total. The first kappa shape index (κ1) is 23.9. The number of rotatable bonds is 7. The van der Waals surface area contributed by atoms with Gasteiger partial charge in [-0.05, 0) is 43.2 Å². The molecule has 0 spiro atoms. The number of hydrogen-bond acceptors (Lipinski definition) is 5. The van der Waals surface area contributed by atoms with E-state index in [1.165, 1.54) is 6.20 Å². The van der Waals surface area contributed by atoms with Gasteiger partial charge in [-0.1, -0.05) is 13.8 Å². The topological polar surface area (TPSA) is 72.5 Å². The monoisotopic (exact) mass is 443 g/mol. The summed E-state index contributed by atoms with van der Waals surface area (Å²) in [4.78, 5) is 16.9. The van der Waals surface area contributed by atoms with Crippen LogP contribution in [0.3, 0.4) is 0 Å². The predicted octanol–water partition coefficient (Wildman–Crippen LogP) is 3.31. The molecule has 9 heteroatoms. The van der Waals surface area contributed by atoms with E-state index in [0.29, 0.717) is 25.2 Å². The summed E-state index contributed by atoms with van der Waals surface area (Å²) in [6.45, 7) is 5.32. The molecule has 2 fully saturated rings. The number of aromatic nitrogens is 1. The van der Waals surface area contributed by atoms with Gasteiger partial charge in [0.2, 0.25) is 5.91 Å². The second kappa shape index (κ2) is 9.83. The Balaban J connectivity index is 1.63. The number of pyridine rings is 1. The molecule has 1 aliphatic carbocycles. The molecule has 2 heterocycles. The lowest BCUT2D eigenvalue weighted by Gasteiger charge is -2.35. The Bertz CT molecular complexity index is 759. The molecular formula is C22H32F3N3O3. The highest BCUT2D eigenvalue weighted by atomic mass is 19.4. The zero-order valence-electron chi connectivity index (χ0n) is 18.3. The molecule has 1 saturated carbocycles. The first-order valence-electron chi connectivity index (χ1n) is 10.8. The summed E-state index contributed by atoms with van der Waals surface area (Å²) in [5.74, 6) is -0.00803. The number of ether oxygens (including phenoxy) is 2. The first-order valence-corrected chi connectivity index (χ1v) is 10.8. The number of carbonyl (C=O) groups excluding carboxylic acids is 1. The van der Waals surface area contributed by atoms with Crippen LogP contribution in [-0.4, -0.2) is 49.4 Å². The van der Waals surface area contributed by atoms with Gasteiger partial charge < -0.3 is 20.1 Å². The fraction of sp³-hybridized carbons (Fsp3) is 0.727. The third-order valence-corrected chi connectivity index (χ3v) is 6.74. The summed E-state index contributed by atoms with van der Waals surface area (Å²) in [5.41, 5.74) is -1.03. The van der Waals surface area contributed by atoms with Crippen LogP contribution in [0.1, 0.15) is 50.7 Å². The van der Waals surface area contributed by atoms with Gasteiger partial charge in [-0.25, -0.2) is 0 Å². The number of methoxy groups -OCH3 is 1. The van der Waals surface area contributed by atoms with Gasteiger partial charge in [0, 0.05) is 44.7 Å². The maximum absolute atomic E-state index is 13.2. The van der Waals surface area contributed by atoms with Crippen LogP contribution in [-0.2, 0) is 27.0 Å². The molecular weight excluding hydrogens is 411 g/mol. The van der Waals surface area contributed by atoms with E-state index in [1.807, 2.05) is 13.8 Å². The predicted molar refractivity (Wildman–Crippen MR) is 109 cm³/mol. The van der Waals surface area contributed by atoms with E-state index in [0.717, 1.165) is 31.5 Å². The van der Waals surface area contributed by atoms with Gasteiger partial charge in [-0.3, -0.25) is 9.78 Å². The molecule has 4 atom stereocenters. The fourth-order valence-electron chi connectivity index (χ4n) is 4.75. The largest absolute Gasteiger partial charge is 0.417 e. The smallest absolute Gasteiger partial charge is 0.379 e. The lowest BCUT2D eigenvalue weighted by Crippen LogP contribution is -2.51. The molecule has 4 unspecified atom stereocenters. The summed E-state index contributed by atoms with van der Waals surface area (Å²) >= 11 is 0. The van der Waals surface area contributed by atoms with E-state index in [4.69, 9.17) is 9.47 Å². The molecule has 0 aromatic carbocycles. The Hall–Kier alpha value is -1.71. The molecule has 1 aromatic heterocycles. The van der Waals surface area contributed by atoms with Gasteiger partial charge in [-0.15, -0.1) is 0 Å². The maximum atomic E-state index is 13.2. The lowest BCUT2D eigenvalue weighted by molar-refractivity contribution is -0.137. The van der Waals surface area contributed by atoms with Gasteiger partial charge in [0.1, 0.15) is 0 Å². The normalized spacial score (nSPS) is 29.3. The van der Waals surface area contributed by atoms with Crippen molar-refractivity contribution in [2.24, 2.45) is 11.3 Å². The Kier molecular flexibility index (Phi) is 7.59. The summed E-state index contributed by atoms with van der Waals surface area (Å²) < 4.78 is 49.8. The number of carbonyl (C=O) groups is 1. The Morgan fingerprint density at radius 2 is 2.13 bits per heavy atom. The minimum Gasteiger partial charge on any atom is -0.379 e. The molecule has 1 saturated heterocycles. The van der Waals surface area contributed by atoms with Gasteiger partial charge in [-0.2, -0.15) is 13.2 Å². The number of alkyl halides is 3. The quantitative estimate of drug-likeness (QED) is 0.677. The third kappa shape index (κ3) is 5.56. The van der Waals surface area contributed by atoms with Crippen LogP contribution in [0.5, 0.6) is 0 Å². The molecule has 3 rings (SSSR count). The number of halogens is 3. The van der Waals surface area contributed by atoms with Crippen LogP contribution in [0, 0.1) is 11.3 Å². The van der Waals surface area contributed by atoms with E-state index in [9.17, 15) is 18.0 Å². The molecule has 0 radical (unpaired) electrons. The van der Waals surface area contributed by atoms with Gasteiger partial charge in [0.15, 0.2) is 0 Å². The fourth-order valence-corrected chi connectivity index (χ4v) is 4.75. The number of hydrogen-bond donors (Lipinski definition) is 2. The number of nitrogens with zero attached hydrogens (tertiary/aromatic N) is 1. The van der Waals surface area contributed by atoms with Crippen molar-refractivity contribution in [3.63, 3.8) is 0 Å². The van der Waals surface area contributed by atoms with E-state index in [2.05, 4.69) is 15.6 Å². The molecule has 1 amide bonds. The number of amides is 1. The van der Waals surface area contributed by atoms with Crippen molar-refractivity contribution in [2.45, 2.75) is 70.4 Å². The zero-order chi connectivity index (χ0) is 22.6. The van der Waals surface area contributed by atoms with E-state index < -0.39 is 17.2 Å². The summed E-state index contributed by atoms with van der Waals surface area (Å²) in [5, 5.41) is 6.53. The summed E-state index contributed by atoms with van der Waals surface area (Å²) in [6, 6.07) is 1.40. The molecule has 31 heavy (non-hydrogen) atoms. The summed E-state index contributed by atoms with van der Waals surface area (Å²) in [7, 11) is 1.68. The van der Waals surface area contributed by atoms with Crippen molar-refractivity contribution < 1.29 is 27.4 Å². The van der Waals surface area contributed by atoms with Crippen LogP contribution < -0.4 is 10.6 Å². The molecule has 174 valence electrons. The van der Waals surface area contributed by atoms with Crippen LogP contribution in [0.15, 0.2) is 18.5 Å². The summed E-state index contributed by atoms with van der Waals surface area (Å²) in [6.07, 6.45) is 0.819. The lowest BCUT2D eigenvalue weighted by atomic mass is 9.74. The van der Waals surface area contributed by atoms with Crippen molar-refractivity contribution in [1.82, 2.24) is 15.6 Å². The zero-order valence-corrected chi connectivity index (χ0v) is 18.3. The van der Waals surface area contributed by atoms with Crippen molar-refractivity contribution in [3.05, 3.63) is 29.6 Å². The highest BCUT2D eigenvalue weighted by Gasteiger charge is 2.48. The van der Waals surface area contributed by atoms with Crippen molar-refractivity contribution in [3.8, 4) is 0 Å². The van der Waals surface area contributed by atoms with Crippen molar-refractivity contribution >= 4 is 5.91 Å². The van der Waals surface area contributed by atoms with Crippen molar-refractivity contribution in [1.29, 1.82) is 0 Å². The van der Waals surface area contributed by atoms with Gasteiger partial charge in [0.25, 0.3) is 0 Å². The van der Waals surface area contributed by atoms with Crippen LogP contribution in [0.25, 0.3) is 0 Å². The van der Waals surface area contributed by atoms with Crippen LogP contribution >= 0.6 is 0 Å². The molecule has 2 N–H and O–H groups in total. The Morgan fingerprint density at radius 1 is 1.35 bits per heavy atom. The first-order chi connectivity index (χ1) is 14.7. The average molecular weight is 444 g/mol. The average Bonchev–Trinajstić information content (AvgIpc) is 3.17. The highest BCUT2D eigenvalue weighted by molar-refractivity contribution is 5.83. The van der Waals surface area contributed by atoms with E-state index in [1.54, 1.807) is 7.11 Å². The second-order valence-corrected chi connectivity index (χ2v) is 8.92. The minimum absolute atomic E-state index is 0.00923. The minimum atomic E-state index is -4.46. The molecule has 0 bridgehead atoms. The molecule has 1 aliphatic heterocycles. The Labute approximate surface area is 181 Å². The van der Waals surface area contributed by atoms with E-state index >= 15 is 0 Å². The van der Waals surface area contributed by atoms with Crippen molar-refractivity contribution in [2.75, 3.05) is 20.3 Å². The third-order valence-electron chi connectivity index (χ3n) is 6.74. The SMILES string of the molecule is COC1COCCC1NC1CCC(C(=O)NCc2cncc(C(F)(F)F)c2)(C(C)C)C1. The maximum Gasteiger partial charge on any atom is 0.417 e. The highest BCUT2D eigenvalue weighted by Crippen LogP contribution is 2.45. The van der Waals surface area contributed by atoms with Crippen LogP contribution in [0.2, 0.25) is 0 Å². The van der Waals surface area contributed by atoms with Gasteiger partial charge in [0.05, 0.1) is 23.7 Å². The van der Waals surface area contributed by atoms with Gasteiger partial charge >= 0.3 is 6.18 Å². The second-order valence-electron chi connectivity index (χ2n) is 8.92. The standard InChI is InChI=1S/C22H32F3N3O3/c1-14(2)21(6-4-17(9-21)28-18-5-7-31-13-19(18)30-3)20(29)27-11-15-8-16(12-26-10-15)22(23,24)25/h8,10,12,14,17-19,28H,4-7,9,11,13H2,1-3H3,(H,27,29). The molecule has 1 aromatic rings. The molecule has 2 aliphatic rings. The van der Waals surface area contributed by atoms with E-state index in [-0.39, 0.29) is 36.6 Å².